The molecule has 3 unspecified atom stereocenters. The number of allylic oxidation sites excluding steroid dienone is 9. The van der Waals surface area contributed by atoms with Crippen LogP contribution in [0.3, 0.4) is 0 Å². The lowest BCUT2D eigenvalue weighted by atomic mass is 9.59. The molecule has 41 heavy (non-hydrogen) atoms. The fourth-order valence-electron chi connectivity index (χ4n) is 8.97. The van der Waals surface area contributed by atoms with Gasteiger partial charge in [0.2, 0.25) is 0 Å². The van der Waals surface area contributed by atoms with Crippen LogP contribution in [0.25, 0.3) is 11.8 Å². The van der Waals surface area contributed by atoms with Crippen molar-refractivity contribution < 1.29 is 0 Å². The number of benzene rings is 2. The van der Waals surface area contributed by atoms with Crippen molar-refractivity contribution in [2.45, 2.75) is 63.7 Å². The molecule has 5 aliphatic carbocycles. The Morgan fingerprint density at radius 3 is 2.41 bits per heavy atom. The molecule has 0 radical (unpaired) electrons. The number of hydrogen-bond donors (Lipinski definition) is 1. The first-order valence-corrected chi connectivity index (χ1v) is 15.8. The van der Waals surface area contributed by atoms with Gasteiger partial charge in [0.05, 0.1) is 0 Å². The molecule has 0 spiro atoms. The van der Waals surface area contributed by atoms with Gasteiger partial charge in [-0.3, -0.25) is 0 Å². The van der Waals surface area contributed by atoms with Crippen molar-refractivity contribution >= 4 is 6.08 Å². The van der Waals surface area contributed by atoms with Crippen LogP contribution >= 0.6 is 0 Å². The fourth-order valence-corrected chi connectivity index (χ4v) is 8.97. The predicted octanol–water partition coefficient (Wildman–Crippen LogP) is 8.50. The van der Waals surface area contributed by atoms with Gasteiger partial charge in [0.15, 0.2) is 0 Å². The first-order valence-electron chi connectivity index (χ1n) is 15.8. The Labute approximate surface area is 244 Å². The average molecular weight is 537 g/mol. The van der Waals surface area contributed by atoms with Gasteiger partial charge in [0.25, 0.3) is 0 Å². The molecule has 3 atom stereocenters. The molecular formula is C39H40N2. The smallest absolute Gasteiger partial charge is 0.0455 e. The van der Waals surface area contributed by atoms with E-state index in [0.29, 0.717) is 11.8 Å². The van der Waals surface area contributed by atoms with E-state index in [0.717, 1.165) is 25.7 Å². The summed E-state index contributed by atoms with van der Waals surface area (Å²) in [6.07, 6.45) is 24.2. The fraction of sp³-hybridized carbons (Fsp3) is 0.333. The summed E-state index contributed by atoms with van der Waals surface area (Å²) < 4.78 is 2.64. The molecule has 3 aromatic rings. The Bertz CT molecular complexity index is 1670. The van der Waals surface area contributed by atoms with Gasteiger partial charge < -0.3 is 9.88 Å². The third-order valence-electron chi connectivity index (χ3n) is 10.7. The highest BCUT2D eigenvalue weighted by molar-refractivity contribution is 5.73. The van der Waals surface area contributed by atoms with E-state index in [2.05, 4.69) is 115 Å². The molecule has 0 aliphatic heterocycles. The van der Waals surface area contributed by atoms with Crippen LogP contribution in [0, 0.1) is 18.8 Å². The summed E-state index contributed by atoms with van der Waals surface area (Å²) in [6.45, 7) is 2.22. The summed E-state index contributed by atoms with van der Waals surface area (Å²) in [4.78, 5) is 0. The summed E-state index contributed by atoms with van der Waals surface area (Å²) in [5.74, 6) is 0.831. The summed E-state index contributed by atoms with van der Waals surface area (Å²) in [6, 6.07) is 20.7. The lowest BCUT2D eigenvalue weighted by Gasteiger charge is -2.43. The number of fused-ring (bicyclic) bond motifs is 5. The van der Waals surface area contributed by atoms with Crippen LogP contribution in [-0.4, -0.2) is 11.6 Å². The van der Waals surface area contributed by atoms with Gasteiger partial charge >= 0.3 is 0 Å². The van der Waals surface area contributed by atoms with E-state index in [-0.39, 0.29) is 5.41 Å². The zero-order valence-corrected chi connectivity index (χ0v) is 24.4. The molecule has 206 valence electrons. The molecule has 0 bridgehead atoms. The molecule has 1 aromatic heterocycles. The minimum atomic E-state index is -0.0984. The highest BCUT2D eigenvalue weighted by Crippen LogP contribution is 2.62. The van der Waals surface area contributed by atoms with E-state index >= 15 is 0 Å². The van der Waals surface area contributed by atoms with Crippen LogP contribution < -0.4 is 5.32 Å². The zero-order chi connectivity index (χ0) is 27.6. The molecule has 1 heterocycles. The minimum absolute atomic E-state index is 0.0984. The van der Waals surface area contributed by atoms with Crippen molar-refractivity contribution in [1.29, 1.82) is 0 Å². The number of aromatic nitrogens is 1. The van der Waals surface area contributed by atoms with Crippen molar-refractivity contribution in [3.8, 4) is 5.69 Å². The van der Waals surface area contributed by atoms with Crippen LogP contribution in [0.2, 0.25) is 0 Å². The van der Waals surface area contributed by atoms with Crippen molar-refractivity contribution in [2.24, 2.45) is 11.8 Å². The van der Waals surface area contributed by atoms with Crippen molar-refractivity contribution in [2.75, 3.05) is 7.05 Å². The lowest BCUT2D eigenvalue weighted by molar-refractivity contribution is 0.400. The maximum atomic E-state index is 3.50. The molecule has 2 heteroatoms. The lowest BCUT2D eigenvalue weighted by Crippen LogP contribution is -2.38. The number of para-hydroxylation sites is 1. The second-order valence-corrected chi connectivity index (χ2v) is 12.7. The maximum absolute atomic E-state index is 3.50. The van der Waals surface area contributed by atoms with Gasteiger partial charge in [-0.2, -0.15) is 0 Å². The molecule has 0 saturated carbocycles. The van der Waals surface area contributed by atoms with Gasteiger partial charge in [0.1, 0.15) is 0 Å². The Balaban J connectivity index is 1.39. The largest absolute Gasteiger partial charge is 0.391 e. The highest BCUT2D eigenvalue weighted by atomic mass is 15.0. The number of aryl methyl sites for hydroxylation is 1. The Morgan fingerprint density at radius 1 is 0.780 bits per heavy atom. The number of nitrogens with zero attached hydrogens (tertiary/aromatic N) is 1. The van der Waals surface area contributed by atoms with Crippen LogP contribution in [0.4, 0.5) is 0 Å². The molecule has 2 aromatic carbocycles. The van der Waals surface area contributed by atoms with E-state index in [4.69, 9.17) is 0 Å². The van der Waals surface area contributed by atoms with Crippen LogP contribution in [0.5, 0.6) is 0 Å². The minimum Gasteiger partial charge on any atom is -0.391 e. The number of hydrogen-bond acceptors (Lipinski definition) is 1. The van der Waals surface area contributed by atoms with Crippen LogP contribution in [-0.2, 0) is 24.7 Å². The third kappa shape index (κ3) is 3.62. The second kappa shape index (κ2) is 9.65. The summed E-state index contributed by atoms with van der Waals surface area (Å²) in [7, 11) is 2.08. The van der Waals surface area contributed by atoms with Gasteiger partial charge in [-0.15, -0.1) is 0 Å². The normalized spacial score (nSPS) is 26.1. The van der Waals surface area contributed by atoms with Gasteiger partial charge in [-0.25, -0.2) is 0 Å². The van der Waals surface area contributed by atoms with Gasteiger partial charge in [0, 0.05) is 47.1 Å². The Hall–Kier alpha value is -3.78. The predicted molar refractivity (Wildman–Crippen MR) is 170 cm³/mol. The summed E-state index contributed by atoms with van der Waals surface area (Å²) in [5, 5.41) is 3.50. The van der Waals surface area contributed by atoms with E-state index in [1.165, 1.54) is 53.9 Å². The SMILES string of the molecule is CNC1=CC2=C(CC1)C(C1=Cc3c4c(n(-c5ccccc5)c3CC1)CCCC4)(c1ccc(C)cc1)C1C=CC=CC21. The Morgan fingerprint density at radius 2 is 1.59 bits per heavy atom. The third-order valence-corrected chi connectivity index (χ3v) is 10.7. The summed E-state index contributed by atoms with van der Waals surface area (Å²) in [5.41, 5.74) is 16.5. The molecule has 0 amide bonds. The first kappa shape index (κ1) is 25.0. The van der Waals surface area contributed by atoms with Crippen molar-refractivity contribution in [1.82, 2.24) is 9.88 Å². The van der Waals surface area contributed by atoms with Crippen molar-refractivity contribution in [3.63, 3.8) is 0 Å². The molecule has 8 rings (SSSR count). The first-order chi connectivity index (χ1) is 20.2. The Kier molecular flexibility index (Phi) is 5.88. The number of nitrogens with one attached hydrogen (secondary N) is 1. The topological polar surface area (TPSA) is 17.0 Å². The van der Waals surface area contributed by atoms with Gasteiger partial charge in [-0.1, -0.05) is 89.6 Å². The van der Waals surface area contributed by atoms with E-state index in [1.54, 1.807) is 33.5 Å². The number of rotatable bonds is 4. The zero-order valence-electron chi connectivity index (χ0n) is 24.4. The van der Waals surface area contributed by atoms with E-state index < -0.39 is 0 Å². The molecule has 0 fully saturated rings. The standard InChI is InChI=1S/C39H40N2/c1-26-16-18-27(19-17-26)39(35-14-8-6-12-31(35)33-25-29(40-2)21-22-36(33)39)28-20-23-38-34(24-28)32-13-7-9-15-37(32)41(38)30-10-4-3-5-11-30/h3-6,8,10-12,14,16-19,24-25,31,35,40H,7,9,13,15,20-23H2,1-2H3. The molecule has 5 aliphatic rings. The molecule has 0 saturated heterocycles. The van der Waals surface area contributed by atoms with E-state index in [1.807, 2.05) is 0 Å². The van der Waals surface area contributed by atoms with Crippen LogP contribution in [0.1, 0.15) is 65.7 Å². The quantitative estimate of drug-likeness (QED) is 0.354. The molecule has 2 nitrogen and oxygen atoms in total. The monoisotopic (exact) mass is 536 g/mol. The molecule has 1 N–H and O–H groups in total. The van der Waals surface area contributed by atoms with E-state index in [9.17, 15) is 0 Å². The maximum Gasteiger partial charge on any atom is 0.0455 e. The van der Waals surface area contributed by atoms with Crippen molar-refractivity contribution in [3.05, 3.63) is 141 Å². The van der Waals surface area contributed by atoms with Crippen LogP contribution in [0.15, 0.2) is 107 Å². The summed E-state index contributed by atoms with van der Waals surface area (Å²) >= 11 is 0. The van der Waals surface area contributed by atoms with Gasteiger partial charge in [-0.05, 0) is 98.8 Å². The highest BCUT2D eigenvalue weighted by Gasteiger charge is 2.55. The average Bonchev–Trinajstić information content (AvgIpc) is 3.52. The second-order valence-electron chi connectivity index (χ2n) is 12.7. The molecular weight excluding hydrogens is 496 g/mol.